The van der Waals surface area contributed by atoms with Gasteiger partial charge in [-0.25, -0.2) is 0 Å². The molecule has 1 rings (SSSR count). The molecular formula is C51H95. The van der Waals surface area contributed by atoms with Crippen molar-refractivity contribution in [3.05, 3.63) is 41.3 Å². The molecule has 0 atom stereocenters. The van der Waals surface area contributed by atoms with E-state index in [4.69, 9.17) is 0 Å². The van der Waals surface area contributed by atoms with Crippen molar-refractivity contribution in [2.24, 2.45) is 0 Å². The van der Waals surface area contributed by atoms with Crippen LogP contribution in [0.2, 0.25) is 0 Å². The van der Waals surface area contributed by atoms with Gasteiger partial charge in [0, 0.05) is 0 Å². The van der Waals surface area contributed by atoms with Crippen LogP contribution in [0.1, 0.15) is 281 Å². The molecule has 1 aromatic rings. The largest absolute Gasteiger partial charge is 0.0654 e. The van der Waals surface area contributed by atoms with E-state index in [0.717, 1.165) is 12.8 Å². The Morgan fingerprint density at radius 3 is 0.784 bits per heavy atom. The Balaban J connectivity index is 2.56. The molecule has 0 saturated carbocycles. The molecule has 299 valence electrons. The fraction of sp³-hybridized carbons (Fsp3) is 0.863. The van der Waals surface area contributed by atoms with Gasteiger partial charge in [0.1, 0.15) is 0 Å². The predicted octanol–water partition coefficient (Wildman–Crippen LogP) is 18.2. The van der Waals surface area contributed by atoms with E-state index in [1.165, 1.54) is 250 Å². The third-order valence-corrected chi connectivity index (χ3v) is 11.8. The van der Waals surface area contributed by atoms with E-state index in [1.807, 2.05) is 0 Å². The van der Waals surface area contributed by atoms with Crippen molar-refractivity contribution >= 4 is 0 Å². The summed E-state index contributed by atoms with van der Waals surface area (Å²) in [7, 11) is 0. The Morgan fingerprint density at radius 1 is 0.294 bits per heavy atom. The monoisotopic (exact) mass is 708 g/mol. The first-order chi connectivity index (χ1) is 25.3. The molecule has 0 aliphatic carbocycles. The molecule has 51 heavy (non-hydrogen) atoms. The van der Waals surface area contributed by atoms with Gasteiger partial charge < -0.3 is 0 Å². The number of aryl methyl sites for hydroxylation is 3. The zero-order chi connectivity index (χ0) is 36.7. The summed E-state index contributed by atoms with van der Waals surface area (Å²) >= 11 is 0. The van der Waals surface area contributed by atoms with E-state index in [2.05, 4.69) is 39.8 Å². The van der Waals surface area contributed by atoms with E-state index in [1.54, 1.807) is 22.3 Å². The number of hydrogen-bond acceptors (Lipinski definition) is 0. The van der Waals surface area contributed by atoms with Gasteiger partial charge in [-0.05, 0) is 73.6 Å². The summed E-state index contributed by atoms with van der Waals surface area (Å²) in [4.78, 5) is 0. The molecule has 0 aliphatic heterocycles. The molecule has 1 aromatic carbocycles. The first-order valence-corrected chi connectivity index (χ1v) is 24.2. The minimum Gasteiger partial charge on any atom is -0.0654 e. The summed E-state index contributed by atoms with van der Waals surface area (Å²) in [5.74, 6) is 0. The van der Waals surface area contributed by atoms with Crippen molar-refractivity contribution in [3.63, 3.8) is 0 Å². The highest BCUT2D eigenvalue weighted by molar-refractivity contribution is 5.40. The normalized spacial score (nSPS) is 11.6. The molecule has 0 heterocycles. The summed E-state index contributed by atoms with van der Waals surface area (Å²) in [6, 6.07) is 5.26. The second-order valence-corrected chi connectivity index (χ2v) is 16.9. The van der Waals surface area contributed by atoms with Gasteiger partial charge in [-0.3, -0.25) is 0 Å². The van der Waals surface area contributed by atoms with Crippen molar-refractivity contribution < 1.29 is 0 Å². The van der Waals surface area contributed by atoms with Crippen LogP contribution >= 0.6 is 0 Å². The van der Waals surface area contributed by atoms with Crippen LogP contribution in [0.3, 0.4) is 0 Å². The van der Waals surface area contributed by atoms with E-state index >= 15 is 0 Å². The SMILES string of the molecule is [CH2]CCc1cc(CCCCCCCCCCCCCC)c(CCCCCCCCCCCCCC)c(CCCCCCCCCCCCCC)c1. The van der Waals surface area contributed by atoms with Crippen molar-refractivity contribution in [2.75, 3.05) is 0 Å². The molecular weight excluding hydrogens is 613 g/mol. The average molecular weight is 708 g/mol. The molecule has 0 fully saturated rings. The first kappa shape index (κ1) is 48.2. The molecule has 0 nitrogen and oxygen atoms in total. The molecule has 0 spiro atoms. The van der Waals surface area contributed by atoms with Crippen LogP contribution < -0.4 is 0 Å². The summed E-state index contributed by atoms with van der Waals surface area (Å²) in [6.45, 7) is 11.2. The lowest BCUT2D eigenvalue weighted by Gasteiger charge is -2.18. The van der Waals surface area contributed by atoms with Crippen LogP contribution in [0.15, 0.2) is 12.1 Å². The standard InChI is InChI=1S/C51H95/c1-5-9-12-15-18-21-24-27-30-33-36-39-43-49-46-48(42-8-4)47-50(44-40-37-34-31-28-25-22-19-16-13-10-6-2)51(49)45-41-38-35-32-29-26-23-20-17-14-11-7-3/h46-47H,4-45H2,1-3H3. The molecule has 1 radical (unpaired) electrons. The maximum absolute atomic E-state index is 4.25. The van der Waals surface area contributed by atoms with Gasteiger partial charge in [0.05, 0.1) is 0 Å². The fourth-order valence-electron chi connectivity index (χ4n) is 8.44. The molecule has 0 bridgehead atoms. The maximum atomic E-state index is 4.25. The topological polar surface area (TPSA) is 0 Å². The average Bonchev–Trinajstić information content (AvgIpc) is 3.13. The van der Waals surface area contributed by atoms with E-state index in [0.29, 0.717) is 0 Å². The highest BCUT2D eigenvalue weighted by Crippen LogP contribution is 2.26. The van der Waals surface area contributed by atoms with E-state index < -0.39 is 0 Å². The lowest BCUT2D eigenvalue weighted by Crippen LogP contribution is -2.04. The number of hydrogen-bond donors (Lipinski definition) is 0. The Labute approximate surface area is 324 Å². The fourth-order valence-corrected chi connectivity index (χ4v) is 8.44. The molecule has 0 aromatic heterocycles. The lowest BCUT2D eigenvalue weighted by atomic mass is 9.87. The minimum atomic E-state index is 1.02. The molecule has 0 unspecified atom stereocenters. The van der Waals surface area contributed by atoms with Gasteiger partial charge >= 0.3 is 0 Å². The van der Waals surface area contributed by atoms with Crippen LogP contribution in [0, 0.1) is 6.92 Å². The molecule has 0 saturated heterocycles. The summed E-state index contributed by atoms with van der Waals surface area (Å²) < 4.78 is 0. The van der Waals surface area contributed by atoms with Crippen LogP contribution in [-0.4, -0.2) is 0 Å². The van der Waals surface area contributed by atoms with Crippen LogP contribution in [0.5, 0.6) is 0 Å². The Hall–Kier alpha value is -0.780. The summed E-state index contributed by atoms with van der Waals surface area (Å²) in [5, 5.41) is 0. The van der Waals surface area contributed by atoms with Gasteiger partial charge in [0.2, 0.25) is 0 Å². The second kappa shape index (κ2) is 38.9. The Morgan fingerprint density at radius 2 is 0.529 bits per heavy atom. The number of benzene rings is 1. The number of rotatable bonds is 41. The molecule has 0 N–H and O–H groups in total. The quantitative estimate of drug-likeness (QED) is 0.0594. The predicted molar refractivity (Wildman–Crippen MR) is 234 cm³/mol. The van der Waals surface area contributed by atoms with Crippen LogP contribution in [0.4, 0.5) is 0 Å². The number of unbranched alkanes of at least 4 members (excludes halogenated alkanes) is 33. The van der Waals surface area contributed by atoms with Crippen molar-refractivity contribution in [2.45, 2.75) is 284 Å². The zero-order valence-corrected chi connectivity index (χ0v) is 35.9. The molecule has 0 heteroatoms. The Bertz CT molecular complexity index is 770. The highest BCUT2D eigenvalue weighted by Gasteiger charge is 2.12. The molecule has 0 aliphatic rings. The van der Waals surface area contributed by atoms with Gasteiger partial charge in [-0.1, -0.05) is 252 Å². The van der Waals surface area contributed by atoms with Gasteiger partial charge in [-0.2, -0.15) is 0 Å². The van der Waals surface area contributed by atoms with Gasteiger partial charge in [-0.15, -0.1) is 0 Å². The second-order valence-electron chi connectivity index (χ2n) is 16.9. The van der Waals surface area contributed by atoms with Crippen molar-refractivity contribution in [3.8, 4) is 0 Å². The maximum Gasteiger partial charge on any atom is -0.0273 e. The minimum absolute atomic E-state index is 1.02. The van der Waals surface area contributed by atoms with Gasteiger partial charge in [0.25, 0.3) is 0 Å². The van der Waals surface area contributed by atoms with Crippen LogP contribution in [0.25, 0.3) is 0 Å². The summed E-state index contributed by atoms with van der Waals surface area (Å²) in [6.07, 6.45) is 57.9. The van der Waals surface area contributed by atoms with E-state index in [9.17, 15) is 0 Å². The zero-order valence-electron chi connectivity index (χ0n) is 35.9. The molecule has 0 amide bonds. The van der Waals surface area contributed by atoms with Crippen LogP contribution in [-0.2, 0) is 25.7 Å². The van der Waals surface area contributed by atoms with E-state index in [-0.39, 0.29) is 0 Å². The third-order valence-electron chi connectivity index (χ3n) is 11.8. The first-order valence-electron chi connectivity index (χ1n) is 24.2. The van der Waals surface area contributed by atoms with Crippen molar-refractivity contribution in [1.82, 2.24) is 0 Å². The smallest absolute Gasteiger partial charge is 0.0273 e. The Kier molecular flexibility index (Phi) is 36.8. The van der Waals surface area contributed by atoms with Crippen molar-refractivity contribution in [1.29, 1.82) is 0 Å². The lowest BCUT2D eigenvalue weighted by molar-refractivity contribution is 0.540. The van der Waals surface area contributed by atoms with Gasteiger partial charge in [0.15, 0.2) is 0 Å². The highest BCUT2D eigenvalue weighted by atomic mass is 14.2. The third kappa shape index (κ3) is 30.3. The summed E-state index contributed by atoms with van der Waals surface area (Å²) in [5.41, 5.74) is 6.81.